The van der Waals surface area contributed by atoms with Gasteiger partial charge in [0.1, 0.15) is 5.76 Å². The van der Waals surface area contributed by atoms with E-state index in [-0.39, 0.29) is 13.2 Å². The Hall–Kier alpha value is -2.14. The van der Waals surface area contributed by atoms with Crippen LogP contribution in [0.25, 0.3) is 6.08 Å². The summed E-state index contributed by atoms with van der Waals surface area (Å²) in [6, 6.07) is 12.4. The molecule has 0 fully saturated rings. The van der Waals surface area contributed by atoms with E-state index < -0.39 is 19.3 Å². The molecule has 1 atom stereocenters. The molecule has 0 saturated heterocycles. The fourth-order valence-electron chi connectivity index (χ4n) is 2.25. The van der Waals surface area contributed by atoms with E-state index in [2.05, 4.69) is 5.32 Å². The number of furan rings is 1. The van der Waals surface area contributed by atoms with Crippen molar-refractivity contribution in [1.82, 2.24) is 5.32 Å². The van der Waals surface area contributed by atoms with E-state index in [1.807, 2.05) is 6.07 Å². The minimum atomic E-state index is -3.58. The molecule has 1 amide bonds. The Kier molecular flexibility index (Phi) is 7.19. The second-order valence-corrected chi connectivity index (χ2v) is 7.16. The number of hydrogen-bond donors (Lipinski definition) is 1. The van der Waals surface area contributed by atoms with Crippen LogP contribution in [0.2, 0.25) is 0 Å². The second kappa shape index (κ2) is 9.37. The van der Waals surface area contributed by atoms with E-state index in [4.69, 9.17) is 13.5 Å². The molecule has 0 unspecified atom stereocenters. The Morgan fingerprint density at radius 3 is 2.40 bits per heavy atom. The molecule has 0 spiro atoms. The van der Waals surface area contributed by atoms with Gasteiger partial charge in [-0.25, -0.2) is 0 Å². The number of hydrogen-bond acceptors (Lipinski definition) is 5. The van der Waals surface area contributed by atoms with Crippen LogP contribution in [0.5, 0.6) is 0 Å². The maximum Gasteiger partial charge on any atom is 0.357 e. The highest BCUT2D eigenvalue weighted by Crippen LogP contribution is 2.59. The van der Waals surface area contributed by atoms with Crippen LogP contribution in [-0.4, -0.2) is 19.1 Å². The summed E-state index contributed by atoms with van der Waals surface area (Å²) >= 11 is 0. The topological polar surface area (TPSA) is 77.8 Å². The number of amides is 1. The van der Waals surface area contributed by atoms with Gasteiger partial charge in [0.15, 0.2) is 5.78 Å². The lowest BCUT2D eigenvalue weighted by Crippen LogP contribution is -2.28. The number of rotatable bonds is 9. The molecule has 7 heteroatoms. The minimum Gasteiger partial charge on any atom is -0.465 e. The van der Waals surface area contributed by atoms with Crippen LogP contribution in [0.1, 0.15) is 31.0 Å². The zero-order chi connectivity index (χ0) is 18.1. The molecule has 2 aromatic rings. The van der Waals surface area contributed by atoms with Crippen LogP contribution in [0, 0.1) is 0 Å². The summed E-state index contributed by atoms with van der Waals surface area (Å²) in [5.41, 5.74) is 0.646. The molecule has 1 N–H and O–H groups in total. The average molecular weight is 363 g/mol. The Morgan fingerprint density at radius 1 is 1.16 bits per heavy atom. The lowest BCUT2D eigenvalue weighted by atomic mass is 10.2. The summed E-state index contributed by atoms with van der Waals surface area (Å²) in [7, 11) is -3.58. The third kappa shape index (κ3) is 5.43. The van der Waals surface area contributed by atoms with Crippen LogP contribution >= 0.6 is 7.60 Å². The van der Waals surface area contributed by atoms with Crippen molar-refractivity contribution in [1.29, 1.82) is 0 Å². The first-order valence-corrected chi connectivity index (χ1v) is 9.66. The molecule has 1 heterocycles. The van der Waals surface area contributed by atoms with Gasteiger partial charge >= 0.3 is 7.60 Å². The van der Waals surface area contributed by atoms with E-state index in [1.165, 1.54) is 18.4 Å². The average Bonchev–Trinajstić information content (AvgIpc) is 3.12. The number of benzene rings is 1. The molecule has 25 heavy (non-hydrogen) atoms. The summed E-state index contributed by atoms with van der Waals surface area (Å²) in [6.45, 7) is 3.87. The van der Waals surface area contributed by atoms with E-state index in [1.54, 1.807) is 50.2 Å². The Bertz CT molecular complexity index is 717. The van der Waals surface area contributed by atoms with Gasteiger partial charge in [-0.3, -0.25) is 9.36 Å². The predicted molar refractivity (Wildman–Crippen MR) is 95.9 cm³/mol. The molecular formula is C18H22NO5P. The lowest BCUT2D eigenvalue weighted by Gasteiger charge is -2.27. The third-order valence-electron chi connectivity index (χ3n) is 3.27. The van der Waals surface area contributed by atoms with E-state index in [9.17, 15) is 9.36 Å². The minimum absolute atomic E-state index is 0.207. The molecule has 1 aromatic heterocycles. The van der Waals surface area contributed by atoms with E-state index in [0.717, 1.165) is 0 Å². The van der Waals surface area contributed by atoms with Crippen LogP contribution in [0.15, 0.2) is 59.2 Å². The number of carbonyl (C=O) groups excluding carboxylic acids is 1. The van der Waals surface area contributed by atoms with E-state index >= 15 is 0 Å². The van der Waals surface area contributed by atoms with Crippen LogP contribution in [0.4, 0.5) is 0 Å². The van der Waals surface area contributed by atoms with Gasteiger partial charge in [0.25, 0.3) is 0 Å². The van der Waals surface area contributed by atoms with Crippen LogP contribution in [-0.2, 0) is 18.4 Å². The lowest BCUT2D eigenvalue weighted by molar-refractivity contribution is -0.116. The maximum atomic E-state index is 13.2. The van der Waals surface area contributed by atoms with Gasteiger partial charge in [-0.15, -0.1) is 0 Å². The SMILES string of the molecule is CCOP(=O)(OCC)[C@@H](NC(=O)/C=C\c1ccco1)c1ccccc1. The van der Waals surface area contributed by atoms with Crippen molar-refractivity contribution < 1.29 is 22.8 Å². The molecule has 0 radical (unpaired) electrons. The number of nitrogens with one attached hydrogen (secondary N) is 1. The molecule has 134 valence electrons. The third-order valence-corrected chi connectivity index (χ3v) is 5.57. The van der Waals surface area contributed by atoms with Gasteiger partial charge in [-0.05, 0) is 37.6 Å². The Morgan fingerprint density at radius 2 is 1.84 bits per heavy atom. The van der Waals surface area contributed by atoms with Gasteiger partial charge in [0.05, 0.1) is 19.5 Å². The standard InChI is InChI=1S/C18H22NO5P/c1-3-23-25(21,24-4-2)18(15-9-6-5-7-10-15)19-17(20)13-12-16-11-8-14-22-16/h5-14,18H,3-4H2,1-2H3,(H,19,20)/b13-12-/t18-/m1/s1. The molecule has 2 rings (SSSR count). The summed E-state index contributed by atoms with van der Waals surface area (Å²) in [5, 5.41) is 2.73. The molecule has 0 aliphatic heterocycles. The summed E-state index contributed by atoms with van der Waals surface area (Å²) in [4.78, 5) is 12.3. The van der Waals surface area contributed by atoms with Gasteiger partial charge < -0.3 is 18.8 Å². The summed E-state index contributed by atoms with van der Waals surface area (Å²) in [5.74, 6) is -0.781. The summed E-state index contributed by atoms with van der Waals surface area (Å²) in [6.07, 6.45) is 4.36. The highest BCUT2D eigenvalue weighted by molar-refractivity contribution is 7.54. The molecule has 0 saturated carbocycles. The summed E-state index contributed by atoms with van der Waals surface area (Å²) < 4.78 is 29.2. The largest absolute Gasteiger partial charge is 0.465 e. The van der Waals surface area contributed by atoms with Crippen molar-refractivity contribution in [2.75, 3.05) is 13.2 Å². The van der Waals surface area contributed by atoms with Crippen LogP contribution in [0.3, 0.4) is 0 Å². The molecular weight excluding hydrogens is 341 g/mol. The van der Waals surface area contributed by atoms with Gasteiger partial charge in [0.2, 0.25) is 5.91 Å². The van der Waals surface area contributed by atoms with Crippen LogP contribution < -0.4 is 5.32 Å². The fourth-order valence-corrected chi connectivity index (χ4v) is 4.17. The smallest absolute Gasteiger partial charge is 0.357 e. The molecule has 0 aliphatic rings. The maximum absolute atomic E-state index is 13.2. The van der Waals surface area contributed by atoms with Gasteiger partial charge in [-0.1, -0.05) is 30.3 Å². The second-order valence-electron chi connectivity index (χ2n) is 5.05. The normalized spacial score (nSPS) is 13.0. The zero-order valence-corrected chi connectivity index (χ0v) is 15.1. The highest BCUT2D eigenvalue weighted by atomic mass is 31.2. The first kappa shape index (κ1) is 19.2. The van der Waals surface area contributed by atoms with Gasteiger partial charge in [-0.2, -0.15) is 0 Å². The first-order chi connectivity index (χ1) is 12.1. The quantitative estimate of drug-likeness (QED) is 0.529. The molecule has 1 aromatic carbocycles. The Labute approximate surface area is 147 Å². The zero-order valence-electron chi connectivity index (χ0n) is 14.3. The monoisotopic (exact) mass is 363 g/mol. The van der Waals surface area contributed by atoms with Gasteiger partial charge in [0, 0.05) is 6.08 Å². The van der Waals surface area contributed by atoms with Crippen molar-refractivity contribution in [3.63, 3.8) is 0 Å². The fraction of sp³-hybridized carbons (Fsp3) is 0.278. The van der Waals surface area contributed by atoms with E-state index in [0.29, 0.717) is 11.3 Å². The molecule has 0 bridgehead atoms. The molecule has 0 aliphatic carbocycles. The van der Waals surface area contributed by atoms with Crippen molar-refractivity contribution in [2.45, 2.75) is 19.6 Å². The van der Waals surface area contributed by atoms with Crippen molar-refractivity contribution >= 4 is 19.6 Å². The first-order valence-electron chi connectivity index (χ1n) is 8.05. The van der Waals surface area contributed by atoms with Crippen molar-refractivity contribution in [2.24, 2.45) is 0 Å². The Balaban J connectivity index is 2.25. The molecule has 6 nitrogen and oxygen atoms in total. The van der Waals surface area contributed by atoms with Crippen molar-refractivity contribution in [3.05, 3.63) is 66.1 Å². The highest BCUT2D eigenvalue weighted by Gasteiger charge is 2.37. The number of carbonyl (C=O) groups is 1. The van der Waals surface area contributed by atoms with Crippen molar-refractivity contribution in [3.8, 4) is 0 Å². The predicted octanol–water partition coefficient (Wildman–Crippen LogP) is 4.37.